The smallest absolute Gasteiger partial charge is 0.287 e. The maximum absolute atomic E-state index is 13.6. The van der Waals surface area contributed by atoms with Crippen molar-refractivity contribution in [3.63, 3.8) is 0 Å². The van der Waals surface area contributed by atoms with Crippen LogP contribution in [0.1, 0.15) is 48.4 Å². The minimum atomic E-state index is -4.41. The van der Waals surface area contributed by atoms with E-state index in [1.54, 1.807) is 42.5 Å². The number of hydrogen-bond acceptors (Lipinski definition) is 6. The molecule has 4 atom stereocenters. The molecule has 2 aromatic carbocycles. The number of carbonyl (C=O) groups is 4. The van der Waals surface area contributed by atoms with E-state index in [1.807, 2.05) is 44.2 Å². The standard InChI is InChI=1S/C32H38BrN4O7P/c1-21(2)18-25(31(40)36-24(30(34)39)15-9-14-22-10-5-3-6-11-22)35-28(38)20-45(42,43)29(19-23-12-7-4-8-13-23)37-32(41)26-16-17-27(33)44-26/h3-14,16-17,21,24-25,29H,15,18-20H2,1-2H3,(H2,34,39)(H,35,38)(H,36,40)(H,37,41)(H,42,43)/b14-9+/t24-,25-,29?/m0/s1. The van der Waals surface area contributed by atoms with E-state index in [2.05, 4.69) is 31.9 Å². The van der Waals surface area contributed by atoms with Gasteiger partial charge in [0, 0.05) is 6.42 Å². The third kappa shape index (κ3) is 11.8. The number of amides is 4. The summed E-state index contributed by atoms with van der Waals surface area (Å²) in [6.07, 6.45) is 2.92. The van der Waals surface area contributed by atoms with Gasteiger partial charge >= 0.3 is 0 Å². The lowest BCUT2D eigenvalue weighted by Crippen LogP contribution is -2.53. The topological polar surface area (TPSA) is 181 Å². The highest BCUT2D eigenvalue weighted by molar-refractivity contribution is 9.10. The van der Waals surface area contributed by atoms with Gasteiger partial charge in [-0.05, 0) is 57.9 Å². The quantitative estimate of drug-likeness (QED) is 0.139. The Morgan fingerprint density at radius 1 is 0.933 bits per heavy atom. The molecule has 0 aliphatic carbocycles. The van der Waals surface area contributed by atoms with Crippen molar-refractivity contribution in [1.29, 1.82) is 0 Å². The van der Waals surface area contributed by atoms with Gasteiger partial charge in [0.25, 0.3) is 5.91 Å². The van der Waals surface area contributed by atoms with Gasteiger partial charge < -0.3 is 31.0 Å². The number of benzene rings is 2. The van der Waals surface area contributed by atoms with Gasteiger partial charge in [-0.3, -0.25) is 23.7 Å². The Morgan fingerprint density at radius 2 is 1.58 bits per heavy atom. The van der Waals surface area contributed by atoms with E-state index in [0.717, 1.165) is 5.56 Å². The van der Waals surface area contributed by atoms with E-state index in [4.69, 9.17) is 10.2 Å². The Kier molecular flexibility index (Phi) is 13.3. The Bertz CT molecular complexity index is 1530. The molecular formula is C32H38BrN4O7P. The fourth-order valence-electron chi connectivity index (χ4n) is 4.47. The molecule has 240 valence electrons. The van der Waals surface area contributed by atoms with Gasteiger partial charge in [0.15, 0.2) is 10.4 Å². The molecule has 6 N–H and O–H groups in total. The third-order valence-electron chi connectivity index (χ3n) is 6.72. The summed E-state index contributed by atoms with van der Waals surface area (Å²) in [6, 6.07) is 18.9. The zero-order valence-corrected chi connectivity index (χ0v) is 27.5. The first-order valence-electron chi connectivity index (χ1n) is 14.4. The molecular weight excluding hydrogens is 663 g/mol. The van der Waals surface area contributed by atoms with Crippen molar-refractivity contribution in [3.8, 4) is 0 Å². The van der Waals surface area contributed by atoms with E-state index < -0.39 is 55.0 Å². The van der Waals surface area contributed by atoms with E-state index in [-0.39, 0.29) is 30.9 Å². The zero-order valence-electron chi connectivity index (χ0n) is 25.0. The molecule has 0 spiro atoms. The number of furan rings is 1. The maximum Gasteiger partial charge on any atom is 0.287 e. The molecule has 4 amide bonds. The Labute approximate surface area is 270 Å². The molecule has 3 rings (SSSR count). The van der Waals surface area contributed by atoms with Gasteiger partial charge in [0.05, 0.1) is 0 Å². The normalized spacial score (nSPS) is 14.7. The minimum absolute atomic E-state index is 0.0395. The molecule has 1 heterocycles. The first-order valence-corrected chi connectivity index (χ1v) is 17.1. The second-order valence-electron chi connectivity index (χ2n) is 11.0. The Hall–Kier alpha value is -3.99. The van der Waals surface area contributed by atoms with Crippen LogP contribution >= 0.6 is 23.3 Å². The number of primary amides is 1. The van der Waals surface area contributed by atoms with Crippen LogP contribution in [0.15, 0.2) is 88.0 Å². The second-order valence-corrected chi connectivity index (χ2v) is 14.2. The molecule has 13 heteroatoms. The molecule has 2 unspecified atom stereocenters. The summed E-state index contributed by atoms with van der Waals surface area (Å²) in [5.41, 5.74) is 7.11. The summed E-state index contributed by atoms with van der Waals surface area (Å²) in [6.45, 7) is 3.69. The van der Waals surface area contributed by atoms with Crippen LogP contribution in [0.5, 0.6) is 0 Å². The van der Waals surface area contributed by atoms with Crippen molar-refractivity contribution in [1.82, 2.24) is 16.0 Å². The molecule has 0 aliphatic heterocycles. The van der Waals surface area contributed by atoms with Crippen LogP contribution in [-0.4, -0.2) is 52.6 Å². The van der Waals surface area contributed by atoms with E-state index >= 15 is 0 Å². The lowest BCUT2D eigenvalue weighted by atomic mass is 10.0. The largest absolute Gasteiger partial charge is 0.444 e. The van der Waals surface area contributed by atoms with Gasteiger partial charge in [0.2, 0.25) is 25.1 Å². The average Bonchev–Trinajstić information content (AvgIpc) is 3.42. The Balaban J connectivity index is 1.72. The molecule has 45 heavy (non-hydrogen) atoms. The molecule has 0 fully saturated rings. The van der Waals surface area contributed by atoms with E-state index in [9.17, 15) is 28.6 Å². The SMILES string of the molecule is CC(C)C[C@H](NC(=O)CP(=O)(O)C(Cc1ccccc1)NC(=O)c1ccc(Br)o1)C(=O)N[C@@H](C/C=C/c1ccccc1)C(N)=O. The van der Waals surface area contributed by atoms with Crippen LogP contribution < -0.4 is 21.7 Å². The van der Waals surface area contributed by atoms with Crippen molar-refractivity contribution in [3.05, 3.63) is 100 Å². The number of hydrogen-bond donors (Lipinski definition) is 5. The van der Waals surface area contributed by atoms with E-state index in [1.165, 1.54) is 12.1 Å². The first kappa shape index (κ1) is 35.5. The molecule has 0 radical (unpaired) electrons. The number of rotatable bonds is 16. The highest BCUT2D eigenvalue weighted by Gasteiger charge is 2.37. The van der Waals surface area contributed by atoms with Gasteiger partial charge in [-0.2, -0.15) is 0 Å². The van der Waals surface area contributed by atoms with E-state index in [0.29, 0.717) is 10.2 Å². The van der Waals surface area contributed by atoms with Crippen LogP contribution in [-0.2, 0) is 25.4 Å². The van der Waals surface area contributed by atoms with Gasteiger partial charge in [-0.25, -0.2) is 0 Å². The zero-order chi connectivity index (χ0) is 33.0. The maximum atomic E-state index is 13.6. The fourth-order valence-corrected chi connectivity index (χ4v) is 6.32. The van der Waals surface area contributed by atoms with Crippen molar-refractivity contribution < 1.29 is 33.1 Å². The van der Waals surface area contributed by atoms with Crippen LogP contribution in [0.4, 0.5) is 0 Å². The van der Waals surface area contributed by atoms with Crippen molar-refractivity contribution >= 4 is 53.0 Å². The predicted molar refractivity (Wildman–Crippen MR) is 175 cm³/mol. The van der Waals surface area contributed by atoms with Crippen LogP contribution in [0.3, 0.4) is 0 Å². The van der Waals surface area contributed by atoms with Gasteiger partial charge in [-0.15, -0.1) is 0 Å². The summed E-state index contributed by atoms with van der Waals surface area (Å²) in [5, 5.41) is 7.68. The molecule has 1 aromatic heterocycles. The van der Waals surface area contributed by atoms with Crippen molar-refractivity contribution in [2.24, 2.45) is 11.7 Å². The number of carbonyl (C=O) groups excluding carboxylic acids is 4. The van der Waals surface area contributed by atoms with Gasteiger partial charge in [0.1, 0.15) is 24.0 Å². The average molecular weight is 702 g/mol. The Morgan fingerprint density at radius 3 is 2.16 bits per heavy atom. The lowest BCUT2D eigenvalue weighted by molar-refractivity contribution is -0.131. The second kappa shape index (κ2) is 16.9. The van der Waals surface area contributed by atoms with Crippen LogP contribution in [0.2, 0.25) is 0 Å². The first-order chi connectivity index (χ1) is 21.3. The van der Waals surface area contributed by atoms with Crippen LogP contribution in [0.25, 0.3) is 6.08 Å². The van der Waals surface area contributed by atoms with Crippen LogP contribution in [0, 0.1) is 5.92 Å². The molecule has 0 saturated heterocycles. The highest BCUT2D eigenvalue weighted by atomic mass is 79.9. The van der Waals surface area contributed by atoms with Crippen molar-refractivity contribution in [2.45, 2.75) is 51.0 Å². The summed E-state index contributed by atoms with van der Waals surface area (Å²) in [4.78, 5) is 62.5. The summed E-state index contributed by atoms with van der Waals surface area (Å²) < 4.78 is 19.2. The molecule has 0 saturated carbocycles. The van der Waals surface area contributed by atoms with Crippen molar-refractivity contribution in [2.75, 3.05) is 6.16 Å². The third-order valence-corrected chi connectivity index (χ3v) is 9.18. The summed E-state index contributed by atoms with van der Waals surface area (Å²) >= 11 is 3.12. The predicted octanol–water partition coefficient (Wildman–Crippen LogP) is 4.22. The lowest BCUT2D eigenvalue weighted by Gasteiger charge is -2.26. The van der Waals surface area contributed by atoms with Gasteiger partial charge in [-0.1, -0.05) is 86.7 Å². The number of nitrogens with one attached hydrogen (secondary N) is 3. The highest BCUT2D eigenvalue weighted by Crippen LogP contribution is 2.46. The minimum Gasteiger partial charge on any atom is -0.444 e. The molecule has 0 aliphatic rings. The molecule has 11 nitrogen and oxygen atoms in total. The monoisotopic (exact) mass is 700 g/mol. The number of nitrogens with two attached hydrogens (primary N) is 1. The molecule has 3 aromatic rings. The fraction of sp³-hybridized carbons (Fsp3) is 0.312. The molecule has 0 bridgehead atoms. The summed E-state index contributed by atoms with van der Waals surface area (Å²) in [7, 11) is -4.41. The summed E-state index contributed by atoms with van der Waals surface area (Å²) in [5.74, 6) is -4.47. The number of halogens is 1.